The normalized spacial score (nSPS) is 10.4. The topological polar surface area (TPSA) is 42.2 Å². The molecule has 2 rings (SSSR count). The maximum Gasteiger partial charge on any atom is 0.112 e. The Morgan fingerprint density at radius 1 is 1.50 bits per heavy atom. The first kappa shape index (κ1) is 11.4. The largest absolute Gasteiger partial charge is 0.397 e. The molecule has 0 unspecified atom stereocenters. The van der Waals surface area contributed by atoms with Crippen LogP contribution in [0.4, 0.5) is 11.4 Å². The van der Waals surface area contributed by atoms with Crippen molar-refractivity contribution in [3.63, 3.8) is 0 Å². The van der Waals surface area contributed by atoms with Crippen molar-refractivity contribution < 1.29 is 0 Å². The van der Waals surface area contributed by atoms with E-state index in [2.05, 4.69) is 25.8 Å². The molecule has 0 amide bonds. The number of nitrogen functional groups attached to an aromatic ring is 1. The molecular weight excluding hydrogens is 286 g/mol. The highest BCUT2D eigenvalue weighted by Gasteiger charge is 2.07. The number of nitrogens with zero attached hydrogens (tertiary/aromatic N) is 2. The van der Waals surface area contributed by atoms with Crippen LogP contribution in [-0.4, -0.2) is 12.0 Å². The average Bonchev–Trinajstić information content (AvgIpc) is 2.70. The molecule has 84 valence electrons. The second-order valence-electron chi connectivity index (χ2n) is 3.49. The maximum atomic E-state index is 5.96. The molecule has 16 heavy (non-hydrogen) atoms. The third kappa shape index (κ3) is 2.54. The Kier molecular flexibility index (Phi) is 3.46. The number of rotatable bonds is 3. The molecule has 0 spiro atoms. The Morgan fingerprint density at radius 3 is 2.94 bits per heavy atom. The minimum atomic E-state index is 0.772. The summed E-state index contributed by atoms with van der Waals surface area (Å²) in [5.74, 6) is 0. The van der Waals surface area contributed by atoms with Gasteiger partial charge in [0.15, 0.2) is 0 Å². The van der Waals surface area contributed by atoms with Gasteiger partial charge in [-0.05, 0) is 18.2 Å². The molecule has 0 aliphatic rings. The van der Waals surface area contributed by atoms with E-state index in [1.165, 1.54) is 0 Å². The van der Waals surface area contributed by atoms with Gasteiger partial charge < -0.3 is 10.6 Å². The number of anilines is 2. The molecule has 5 heteroatoms. The first-order valence-electron chi connectivity index (χ1n) is 4.81. The lowest BCUT2D eigenvalue weighted by Crippen LogP contribution is -2.17. The first-order chi connectivity index (χ1) is 7.66. The summed E-state index contributed by atoms with van der Waals surface area (Å²) in [7, 11) is 2.01. The highest BCUT2D eigenvalue weighted by atomic mass is 79.9. The van der Waals surface area contributed by atoms with E-state index in [1.54, 1.807) is 11.3 Å². The zero-order chi connectivity index (χ0) is 11.5. The lowest BCUT2D eigenvalue weighted by atomic mass is 10.2. The fraction of sp³-hybridized carbons (Fsp3) is 0.182. The van der Waals surface area contributed by atoms with Gasteiger partial charge in [-0.2, -0.15) is 0 Å². The molecule has 1 aromatic heterocycles. The molecule has 1 aromatic carbocycles. The van der Waals surface area contributed by atoms with Gasteiger partial charge in [0.2, 0.25) is 0 Å². The number of hydrogen-bond acceptors (Lipinski definition) is 4. The minimum absolute atomic E-state index is 0.772. The van der Waals surface area contributed by atoms with Gasteiger partial charge in [-0.25, -0.2) is 4.98 Å². The van der Waals surface area contributed by atoms with Crippen LogP contribution in [-0.2, 0) is 6.54 Å². The summed E-state index contributed by atoms with van der Waals surface area (Å²) in [4.78, 5) is 6.35. The van der Waals surface area contributed by atoms with E-state index in [9.17, 15) is 0 Å². The van der Waals surface area contributed by atoms with E-state index in [0.717, 1.165) is 27.4 Å². The molecule has 0 atom stereocenters. The summed E-state index contributed by atoms with van der Waals surface area (Å²) < 4.78 is 0.997. The second kappa shape index (κ2) is 4.84. The van der Waals surface area contributed by atoms with Crippen LogP contribution in [0.3, 0.4) is 0 Å². The van der Waals surface area contributed by atoms with Crippen molar-refractivity contribution in [1.29, 1.82) is 0 Å². The van der Waals surface area contributed by atoms with E-state index in [0.29, 0.717) is 0 Å². The molecule has 2 aromatic rings. The van der Waals surface area contributed by atoms with Crippen LogP contribution in [0.1, 0.15) is 5.01 Å². The highest BCUT2D eigenvalue weighted by molar-refractivity contribution is 9.10. The Hall–Kier alpha value is -1.07. The van der Waals surface area contributed by atoms with Gasteiger partial charge in [0.25, 0.3) is 0 Å². The quantitative estimate of drug-likeness (QED) is 0.885. The zero-order valence-electron chi connectivity index (χ0n) is 8.85. The predicted octanol–water partition coefficient (Wildman–Crippen LogP) is 3.12. The van der Waals surface area contributed by atoms with Gasteiger partial charge in [0.1, 0.15) is 5.01 Å². The van der Waals surface area contributed by atoms with Gasteiger partial charge >= 0.3 is 0 Å². The molecule has 3 nitrogen and oxygen atoms in total. The number of aromatic nitrogens is 1. The van der Waals surface area contributed by atoms with E-state index >= 15 is 0 Å². The average molecular weight is 298 g/mol. The van der Waals surface area contributed by atoms with E-state index in [-0.39, 0.29) is 0 Å². The van der Waals surface area contributed by atoms with Crippen molar-refractivity contribution in [2.24, 2.45) is 0 Å². The van der Waals surface area contributed by atoms with Crippen molar-refractivity contribution >= 4 is 38.6 Å². The Morgan fingerprint density at radius 2 is 2.31 bits per heavy atom. The standard InChI is InChI=1S/C11H12BrN3S/c1-15(7-11-14-4-5-16-11)10-3-2-8(12)6-9(10)13/h2-6H,7,13H2,1H3. The second-order valence-corrected chi connectivity index (χ2v) is 5.38. The molecule has 0 radical (unpaired) electrons. The summed E-state index contributed by atoms with van der Waals surface area (Å²) in [6, 6.07) is 5.91. The maximum absolute atomic E-state index is 5.96. The summed E-state index contributed by atoms with van der Waals surface area (Å²) in [6.45, 7) is 0.781. The van der Waals surface area contributed by atoms with Gasteiger partial charge in [0, 0.05) is 23.1 Å². The van der Waals surface area contributed by atoms with Crippen LogP contribution in [0.5, 0.6) is 0 Å². The summed E-state index contributed by atoms with van der Waals surface area (Å²) in [5, 5.41) is 3.07. The van der Waals surface area contributed by atoms with Gasteiger partial charge in [-0.3, -0.25) is 0 Å². The third-order valence-electron chi connectivity index (χ3n) is 2.26. The molecule has 0 aliphatic carbocycles. The van der Waals surface area contributed by atoms with Crippen molar-refractivity contribution in [3.8, 4) is 0 Å². The number of benzene rings is 1. The van der Waals surface area contributed by atoms with Crippen molar-refractivity contribution in [1.82, 2.24) is 4.98 Å². The van der Waals surface area contributed by atoms with Crippen LogP contribution in [0.15, 0.2) is 34.2 Å². The van der Waals surface area contributed by atoms with Gasteiger partial charge in [0.05, 0.1) is 17.9 Å². The zero-order valence-corrected chi connectivity index (χ0v) is 11.3. The third-order valence-corrected chi connectivity index (χ3v) is 3.51. The fourth-order valence-electron chi connectivity index (χ4n) is 1.49. The van der Waals surface area contributed by atoms with Crippen LogP contribution in [0.25, 0.3) is 0 Å². The van der Waals surface area contributed by atoms with Crippen LogP contribution >= 0.6 is 27.3 Å². The monoisotopic (exact) mass is 297 g/mol. The number of thiazole rings is 1. The van der Waals surface area contributed by atoms with Crippen molar-refractivity contribution in [3.05, 3.63) is 39.3 Å². The highest BCUT2D eigenvalue weighted by Crippen LogP contribution is 2.27. The van der Waals surface area contributed by atoms with Gasteiger partial charge in [-0.1, -0.05) is 15.9 Å². The number of hydrogen-bond donors (Lipinski definition) is 1. The molecule has 2 N–H and O–H groups in total. The molecule has 0 bridgehead atoms. The molecule has 0 fully saturated rings. The Labute approximate surface area is 107 Å². The summed E-state index contributed by atoms with van der Waals surface area (Å²) in [5.41, 5.74) is 7.76. The summed E-state index contributed by atoms with van der Waals surface area (Å²) >= 11 is 5.05. The summed E-state index contributed by atoms with van der Waals surface area (Å²) in [6.07, 6.45) is 1.82. The lowest BCUT2D eigenvalue weighted by Gasteiger charge is -2.19. The Bertz CT molecular complexity index is 470. The molecule has 0 saturated carbocycles. The van der Waals surface area contributed by atoms with Gasteiger partial charge in [-0.15, -0.1) is 11.3 Å². The van der Waals surface area contributed by atoms with Crippen molar-refractivity contribution in [2.45, 2.75) is 6.54 Å². The number of halogens is 1. The molecule has 0 aliphatic heterocycles. The molecular formula is C11H12BrN3S. The van der Waals surface area contributed by atoms with E-state index in [1.807, 2.05) is 36.8 Å². The van der Waals surface area contributed by atoms with Crippen LogP contribution in [0, 0.1) is 0 Å². The SMILES string of the molecule is CN(Cc1nccs1)c1ccc(Br)cc1N. The minimum Gasteiger partial charge on any atom is -0.397 e. The lowest BCUT2D eigenvalue weighted by molar-refractivity contribution is 0.912. The van der Waals surface area contributed by atoms with E-state index < -0.39 is 0 Å². The molecule has 1 heterocycles. The first-order valence-corrected chi connectivity index (χ1v) is 6.48. The fourth-order valence-corrected chi connectivity index (χ4v) is 2.54. The van der Waals surface area contributed by atoms with Crippen LogP contribution in [0.2, 0.25) is 0 Å². The predicted molar refractivity (Wildman–Crippen MR) is 72.8 cm³/mol. The number of nitrogens with two attached hydrogens (primary N) is 1. The Balaban J connectivity index is 2.17. The smallest absolute Gasteiger partial charge is 0.112 e. The van der Waals surface area contributed by atoms with E-state index in [4.69, 9.17) is 5.73 Å². The van der Waals surface area contributed by atoms with Crippen LogP contribution < -0.4 is 10.6 Å². The van der Waals surface area contributed by atoms with Crippen molar-refractivity contribution in [2.75, 3.05) is 17.7 Å². The molecule has 0 saturated heterocycles.